The fourth-order valence-electron chi connectivity index (χ4n) is 0.870. The third-order valence-corrected chi connectivity index (χ3v) is 1.48. The third kappa shape index (κ3) is 5.97. The zero-order valence-corrected chi connectivity index (χ0v) is 7.80. The number of hydrogen-bond acceptors (Lipinski definition) is 3. The van der Waals surface area contributed by atoms with Crippen LogP contribution in [0.2, 0.25) is 0 Å². The smallest absolute Gasteiger partial charge is 0.407 e. The summed E-state index contributed by atoms with van der Waals surface area (Å²) < 4.78 is 4.71. The molecule has 0 aliphatic rings. The first kappa shape index (κ1) is 11.2. The number of carbonyl (C=O) groups is 1. The topological polar surface area (TPSA) is 64.3 Å². The normalized spacial score (nSPS) is 12.2. The van der Waals surface area contributed by atoms with Crippen LogP contribution in [0.4, 0.5) is 4.79 Å². The van der Waals surface area contributed by atoms with Gasteiger partial charge in [-0.05, 0) is 33.2 Å². The maximum Gasteiger partial charge on any atom is 0.407 e. The first-order valence-electron chi connectivity index (χ1n) is 4.34. The predicted octanol–water partition coefficient (Wildman–Crippen LogP) is 0.860. The van der Waals surface area contributed by atoms with E-state index in [2.05, 4.69) is 5.32 Å². The molecular formula is C8H18N2O2. The van der Waals surface area contributed by atoms with Crippen molar-refractivity contribution in [2.75, 3.05) is 13.2 Å². The number of alkyl carbamates (subject to hydrolysis) is 1. The maximum atomic E-state index is 10.9. The summed E-state index contributed by atoms with van der Waals surface area (Å²) in [4.78, 5) is 10.9. The summed E-state index contributed by atoms with van der Waals surface area (Å²) in [5.74, 6) is 0. The molecule has 0 aromatic heterocycles. The van der Waals surface area contributed by atoms with Crippen LogP contribution in [0.1, 0.15) is 26.7 Å². The van der Waals surface area contributed by atoms with Crippen molar-refractivity contribution in [3.63, 3.8) is 0 Å². The first-order valence-corrected chi connectivity index (χ1v) is 4.34. The Kier molecular flexibility index (Phi) is 6.47. The van der Waals surface area contributed by atoms with Crippen LogP contribution in [0.3, 0.4) is 0 Å². The highest BCUT2D eigenvalue weighted by atomic mass is 16.5. The lowest BCUT2D eigenvalue weighted by atomic mass is 10.2. The van der Waals surface area contributed by atoms with Crippen LogP contribution in [0.5, 0.6) is 0 Å². The maximum absolute atomic E-state index is 10.9. The summed E-state index contributed by atoms with van der Waals surface area (Å²) in [5, 5.41) is 2.70. The van der Waals surface area contributed by atoms with Gasteiger partial charge >= 0.3 is 6.09 Å². The van der Waals surface area contributed by atoms with Crippen LogP contribution in [-0.2, 0) is 4.74 Å². The molecule has 0 rings (SSSR count). The van der Waals surface area contributed by atoms with Crippen LogP contribution in [0, 0.1) is 0 Å². The van der Waals surface area contributed by atoms with Gasteiger partial charge in [-0.15, -0.1) is 0 Å². The molecule has 0 aliphatic heterocycles. The summed E-state index contributed by atoms with van der Waals surface area (Å²) in [6.07, 6.45) is 1.48. The van der Waals surface area contributed by atoms with E-state index in [1.807, 2.05) is 6.92 Å². The van der Waals surface area contributed by atoms with Gasteiger partial charge in [0.05, 0.1) is 6.61 Å². The molecule has 0 heterocycles. The van der Waals surface area contributed by atoms with Gasteiger partial charge in [-0.25, -0.2) is 4.79 Å². The van der Waals surface area contributed by atoms with Gasteiger partial charge in [-0.2, -0.15) is 0 Å². The van der Waals surface area contributed by atoms with Gasteiger partial charge < -0.3 is 15.8 Å². The number of rotatable bonds is 5. The molecule has 0 aliphatic carbocycles. The molecule has 3 N–H and O–H groups in total. The zero-order chi connectivity index (χ0) is 9.40. The standard InChI is InChI=1S/C8H18N2O2/c1-3-12-8(11)10-7(2)5-4-6-9/h7H,3-6,9H2,1-2H3,(H,10,11). The van der Waals surface area contributed by atoms with Crippen molar-refractivity contribution in [2.24, 2.45) is 5.73 Å². The summed E-state index contributed by atoms with van der Waals surface area (Å²) in [6, 6.07) is 0.146. The van der Waals surface area contributed by atoms with Crippen LogP contribution < -0.4 is 11.1 Å². The van der Waals surface area contributed by atoms with Gasteiger partial charge in [-0.1, -0.05) is 0 Å². The zero-order valence-electron chi connectivity index (χ0n) is 7.80. The third-order valence-electron chi connectivity index (χ3n) is 1.48. The number of carbonyl (C=O) groups excluding carboxylic acids is 1. The van der Waals surface area contributed by atoms with E-state index in [9.17, 15) is 4.79 Å². The molecule has 0 aromatic rings. The molecule has 0 saturated carbocycles. The van der Waals surface area contributed by atoms with Crippen LogP contribution in [0.15, 0.2) is 0 Å². The van der Waals surface area contributed by atoms with Crippen LogP contribution in [0.25, 0.3) is 0 Å². The molecule has 72 valence electrons. The van der Waals surface area contributed by atoms with Crippen LogP contribution >= 0.6 is 0 Å². The van der Waals surface area contributed by atoms with Gasteiger partial charge in [0.1, 0.15) is 0 Å². The molecule has 0 fully saturated rings. The van der Waals surface area contributed by atoms with E-state index in [1.54, 1.807) is 6.92 Å². The van der Waals surface area contributed by atoms with E-state index in [4.69, 9.17) is 10.5 Å². The lowest BCUT2D eigenvalue weighted by Gasteiger charge is -2.12. The van der Waals surface area contributed by atoms with E-state index in [1.165, 1.54) is 0 Å². The minimum Gasteiger partial charge on any atom is -0.450 e. The van der Waals surface area contributed by atoms with Crippen molar-refractivity contribution in [1.82, 2.24) is 5.32 Å². The second kappa shape index (κ2) is 6.91. The first-order chi connectivity index (χ1) is 5.70. The Balaban J connectivity index is 3.40. The van der Waals surface area contributed by atoms with Crippen molar-refractivity contribution in [1.29, 1.82) is 0 Å². The van der Waals surface area contributed by atoms with Gasteiger partial charge in [0, 0.05) is 6.04 Å². The molecule has 1 atom stereocenters. The number of hydrogen-bond donors (Lipinski definition) is 2. The number of nitrogens with one attached hydrogen (secondary N) is 1. The number of ether oxygens (including phenoxy) is 1. The minimum absolute atomic E-state index is 0.146. The summed E-state index contributed by atoms with van der Waals surface area (Å²) in [5.41, 5.74) is 5.32. The molecule has 4 heteroatoms. The Morgan fingerprint density at radius 2 is 2.33 bits per heavy atom. The second-order valence-corrected chi connectivity index (χ2v) is 2.70. The van der Waals surface area contributed by atoms with Crippen molar-refractivity contribution in [2.45, 2.75) is 32.7 Å². The Morgan fingerprint density at radius 1 is 1.67 bits per heavy atom. The molecule has 0 spiro atoms. The molecule has 4 nitrogen and oxygen atoms in total. The average molecular weight is 174 g/mol. The van der Waals surface area contributed by atoms with Gasteiger partial charge in [0.2, 0.25) is 0 Å². The van der Waals surface area contributed by atoms with E-state index < -0.39 is 0 Å². The molecule has 0 aromatic carbocycles. The molecule has 12 heavy (non-hydrogen) atoms. The van der Waals surface area contributed by atoms with E-state index in [-0.39, 0.29) is 12.1 Å². The van der Waals surface area contributed by atoms with Gasteiger partial charge in [0.15, 0.2) is 0 Å². The predicted molar refractivity (Wildman–Crippen MR) is 47.9 cm³/mol. The minimum atomic E-state index is -0.345. The molecular weight excluding hydrogens is 156 g/mol. The highest BCUT2D eigenvalue weighted by molar-refractivity contribution is 5.67. The van der Waals surface area contributed by atoms with Crippen molar-refractivity contribution in [3.05, 3.63) is 0 Å². The van der Waals surface area contributed by atoms with E-state index >= 15 is 0 Å². The molecule has 0 saturated heterocycles. The van der Waals surface area contributed by atoms with E-state index in [0.29, 0.717) is 13.2 Å². The van der Waals surface area contributed by atoms with Gasteiger partial charge in [0.25, 0.3) is 0 Å². The Bertz CT molecular complexity index is 128. The van der Waals surface area contributed by atoms with Crippen molar-refractivity contribution in [3.8, 4) is 0 Å². The van der Waals surface area contributed by atoms with Crippen molar-refractivity contribution >= 4 is 6.09 Å². The Hall–Kier alpha value is -0.770. The largest absolute Gasteiger partial charge is 0.450 e. The van der Waals surface area contributed by atoms with Crippen molar-refractivity contribution < 1.29 is 9.53 Å². The Morgan fingerprint density at radius 3 is 2.83 bits per heavy atom. The van der Waals surface area contributed by atoms with E-state index in [0.717, 1.165) is 12.8 Å². The fourth-order valence-corrected chi connectivity index (χ4v) is 0.870. The average Bonchev–Trinajstić information content (AvgIpc) is 2.01. The highest BCUT2D eigenvalue weighted by Gasteiger charge is 2.05. The lowest BCUT2D eigenvalue weighted by molar-refractivity contribution is 0.148. The molecule has 1 unspecified atom stereocenters. The number of amides is 1. The molecule has 1 amide bonds. The molecule has 0 bridgehead atoms. The monoisotopic (exact) mass is 174 g/mol. The quantitative estimate of drug-likeness (QED) is 0.649. The molecule has 0 radical (unpaired) electrons. The van der Waals surface area contributed by atoms with Gasteiger partial charge in [-0.3, -0.25) is 0 Å². The summed E-state index contributed by atoms with van der Waals surface area (Å²) in [6.45, 7) is 4.79. The summed E-state index contributed by atoms with van der Waals surface area (Å²) in [7, 11) is 0. The Labute approximate surface area is 73.5 Å². The summed E-state index contributed by atoms with van der Waals surface area (Å²) >= 11 is 0. The highest BCUT2D eigenvalue weighted by Crippen LogP contribution is 1.94. The van der Waals surface area contributed by atoms with Crippen LogP contribution in [-0.4, -0.2) is 25.3 Å². The number of nitrogens with two attached hydrogens (primary N) is 1. The second-order valence-electron chi connectivity index (χ2n) is 2.70. The lowest BCUT2D eigenvalue weighted by Crippen LogP contribution is -2.33. The SMILES string of the molecule is CCOC(=O)NC(C)CCCN. The fraction of sp³-hybridized carbons (Fsp3) is 0.875.